The van der Waals surface area contributed by atoms with Crippen LogP contribution in [0.3, 0.4) is 0 Å². The Morgan fingerprint density at radius 2 is 2.46 bits per heavy atom. The van der Waals surface area contributed by atoms with E-state index in [0.29, 0.717) is 19.8 Å². The second-order valence-electron chi connectivity index (χ2n) is 6.82. The van der Waals surface area contributed by atoms with Crippen LogP contribution in [0.25, 0.3) is 5.57 Å². The van der Waals surface area contributed by atoms with E-state index in [2.05, 4.69) is 34.0 Å². The molecule has 2 unspecified atom stereocenters. The Labute approximate surface area is 164 Å². The molecule has 1 amide bonds. The van der Waals surface area contributed by atoms with E-state index in [4.69, 9.17) is 9.72 Å². The van der Waals surface area contributed by atoms with Crippen molar-refractivity contribution in [2.75, 3.05) is 26.4 Å². The fraction of sp³-hybridized carbons (Fsp3) is 0.381. The summed E-state index contributed by atoms with van der Waals surface area (Å²) in [4.78, 5) is 20.1. The van der Waals surface area contributed by atoms with Crippen molar-refractivity contribution in [3.05, 3.63) is 48.6 Å². The van der Waals surface area contributed by atoms with Gasteiger partial charge in [-0.2, -0.15) is 0 Å². The van der Waals surface area contributed by atoms with Gasteiger partial charge in [-0.15, -0.1) is 0 Å². The number of pyridine rings is 1. The van der Waals surface area contributed by atoms with Gasteiger partial charge >= 0.3 is 0 Å². The summed E-state index contributed by atoms with van der Waals surface area (Å²) in [5.41, 5.74) is 2.15. The number of ether oxygens (including phenoxy) is 1. The number of amidine groups is 1. The minimum absolute atomic E-state index is 0.00206. The number of hydrogen-bond donors (Lipinski definition) is 3. The molecule has 1 aromatic heterocycles. The molecule has 3 N–H and O–H groups in total. The first-order chi connectivity index (χ1) is 13.6. The number of aromatic nitrogens is 1. The van der Waals surface area contributed by atoms with E-state index < -0.39 is 5.41 Å². The first-order valence-electron chi connectivity index (χ1n) is 9.16. The molecular weight excluding hydrogens is 356 g/mol. The summed E-state index contributed by atoms with van der Waals surface area (Å²) in [7, 11) is 0. The van der Waals surface area contributed by atoms with E-state index in [1.54, 1.807) is 0 Å². The van der Waals surface area contributed by atoms with E-state index in [9.17, 15) is 9.90 Å². The Bertz CT molecular complexity index is 873. The zero-order valence-electron chi connectivity index (χ0n) is 15.9. The van der Waals surface area contributed by atoms with Crippen molar-refractivity contribution in [1.29, 1.82) is 0 Å². The molecule has 0 radical (unpaired) electrons. The molecule has 7 heteroatoms. The zero-order valence-corrected chi connectivity index (χ0v) is 15.9. The molecule has 2 aliphatic rings. The molecule has 3 heterocycles. The maximum absolute atomic E-state index is 11.3. The van der Waals surface area contributed by atoms with Gasteiger partial charge in [0.1, 0.15) is 0 Å². The monoisotopic (exact) mass is 380 g/mol. The van der Waals surface area contributed by atoms with E-state index in [0.717, 1.165) is 23.4 Å². The molecule has 146 valence electrons. The smallest absolute Gasteiger partial charge is 0.222 e. The molecular formula is C21H24N4O3. The van der Waals surface area contributed by atoms with Gasteiger partial charge in [-0.05, 0) is 24.5 Å². The first-order valence-corrected chi connectivity index (χ1v) is 9.16. The molecule has 0 spiro atoms. The SMILES string of the molecule is C=CN=C(C#CC1CNC=C1c1cccc(C2(CO)CCOC2)n1)NC(C)=O. The number of nitrogens with one attached hydrogen (secondary N) is 2. The highest BCUT2D eigenvalue weighted by Crippen LogP contribution is 2.33. The van der Waals surface area contributed by atoms with Crippen molar-refractivity contribution >= 4 is 17.3 Å². The van der Waals surface area contributed by atoms with Gasteiger partial charge in [-0.25, -0.2) is 4.99 Å². The Kier molecular flexibility index (Phi) is 6.24. The summed E-state index contributed by atoms with van der Waals surface area (Å²) in [6.45, 7) is 6.69. The van der Waals surface area contributed by atoms with Gasteiger partial charge in [0.15, 0.2) is 5.84 Å². The summed E-state index contributed by atoms with van der Waals surface area (Å²) in [6.07, 6.45) is 4.00. The predicted octanol–water partition coefficient (Wildman–Crippen LogP) is 0.974. The third-order valence-electron chi connectivity index (χ3n) is 4.83. The number of aliphatic imine (C=N–C) groups is 1. The number of hydrogen-bond acceptors (Lipinski definition) is 6. The Hall–Kier alpha value is -2.95. The van der Waals surface area contributed by atoms with Crippen molar-refractivity contribution in [3.8, 4) is 11.8 Å². The standard InChI is InChI=1S/C21H24N4O3/c1-3-23-20(24-15(2)27)8-7-16-11-22-12-17(16)18-5-4-6-19(25-18)21(13-26)9-10-28-14-21/h3-6,12,16,22,26H,1,9-11,13-14H2,2H3,(H,23,24,27). The molecule has 2 atom stereocenters. The molecule has 0 saturated carbocycles. The summed E-state index contributed by atoms with van der Waals surface area (Å²) < 4.78 is 5.51. The molecule has 0 aromatic carbocycles. The topological polar surface area (TPSA) is 95.8 Å². The van der Waals surface area contributed by atoms with Crippen LogP contribution in [-0.4, -0.2) is 48.2 Å². The van der Waals surface area contributed by atoms with Crippen LogP contribution in [0.2, 0.25) is 0 Å². The van der Waals surface area contributed by atoms with Crippen molar-refractivity contribution < 1.29 is 14.6 Å². The van der Waals surface area contributed by atoms with Crippen LogP contribution in [0.5, 0.6) is 0 Å². The lowest BCUT2D eigenvalue weighted by atomic mass is 9.84. The molecule has 1 fully saturated rings. The van der Waals surface area contributed by atoms with Gasteiger partial charge in [0.2, 0.25) is 5.91 Å². The maximum atomic E-state index is 11.3. The lowest BCUT2D eigenvalue weighted by molar-refractivity contribution is -0.117. The van der Waals surface area contributed by atoms with Crippen LogP contribution < -0.4 is 10.6 Å². The van der Waals surface area contributed by atoms with Crippen LogP contribution in [0.15, 0.2) is 42.2 Å². The van der Waals surface area contributed by atoms with Crippen LogP contribution in [0.1, 0.15) is 24.7 Å². The van der Waals surface area contributed by atoms with Gasteiger partial charge in [-0.3, -0.25) is 9.78 Å². The average molecular weight is 380 g/mol. The second kappa shape index (κ2) is 8.83. The molecule has 0 aliphatic carbocycles. The molecule has 3 rings (SSSR count). The van der Waals surface area contributed by atoms with Gasteiger partial charge in [0, 0.05) is 38.0 Å². The minimum atomic E-state index is -0.445. The Morgan fingerprint density at radius 1 is 1.61 bits per heavy atom. The minimum Gasteiger partial charge on any atom is -0.395 e. The number of aliphatic hydroxyl groups excluding tert-OH is 1. The molecule has 0 bridgehead atoms. The fourth-order valence-electron chi connectivity index (χ4n) is 3.29. The van der Waals surface area contributed by atoms with Crippen molar-refractivity contribution in [2.24, 2.45) is 10.9 Å². The van der Waals surface area contributed by atoms with Crippen molar-refractivity contribution in [1.82, 2.24) is 15.6 Å². The number of amides is 1. The summed E-state index contributed by atoms with van der Waals surface area (Å²) in [5.74, 6) is 5.98. The normalized spacial score (nSPS) is 24.0. The van der Waals surface area contributed by atoms with Gasteiger partial charge in [0.25, 0.3) is 0 Å². The van der Waals surface area contributed by atoms with E-state index >= 15 is 0 Å². The molecule has 1 saturated heterocycles. The van der Waals surface area contributed by atoms with Crippen LogP contribution >= 0.6 is 0 Å². The fourth-order valence-corrected chi connectivity index (χ4v) is 3.29. The summed E-state index contributed by atoms with van der Waals surface area (Å²) in [5, 5.41) is 15.7. The maximum Gasteiger partial charge on any atom is 0.222 e. The van der Waals surface area contributed by atoms with Crippen molar-refractivity contribution in [2.45, 2.75) is 18.8 Å². The number of carbonyl (C=O) groups is 1. The Morgan fingerprint density at radius 3 is 3.14 bits per heavy atom. The second-order valence-corrected chi connectivity index (χ2v) is 6.82. The van der Waals surface area contributed by atoms with E-state index in [1.807, 2.05) is 24.4 Å². The highest BCUT2D eigenvalue weighted by molar-refractivity contribution is 6.07. The third-order valence-corrected chi connectivity index (χ3v) is 4.83. The van der Waals surface area contributed by atoms with Crippen LogP contribution in [0, 0.1) is 17.8 Å². The van der Waals surface area contributed by atoms with Crippen LogP contribution in [-0.2, 0) is 14.9 Å². The molecule has 28 heavy (non-hydrogen) atoms. The van der Waals surface area contributed by atoms with E-state index in [-0.39, 0.29) is 24.3 Å². The number of aliphatic hydroxyl groups is 1. The quantitative estimate of drug-likeness (QED) is 0.411. The summed E-state index contributed by atoms with van der Waals surface area (Å²) in [6, 6.07) is 5.81. The average Bonchev–Trinajstić information content (AvgIpc) is 3.36. The number of nitrogens with zero attached hydrogens (tertiary/aromatic N) is 2. The highest BCUT2D eigenvalue weighted by atomic mass is 16.5. The number of rotatable bonds is 4. The molecule has 7 nitrogen and oxygen atoms in total. The molecule has 2 aliphatic heterocycles. The lowest BCUT2D eigenvalue weighted by Crippen LogP contribution is -2.32. The van der Waals surface area contributed by atoms with E-state index in [1.165, 1.54) is 13.1 Å². The summed E-state index contributed by atoms with van der Waals surface area (Å²) >= 11 is 0. The van der Waals surface area contributed by atoms with Gasteiger partial charge in [-0.1, -0.05) is 18.6 Å². The van der Waals surface area contributed by atoms with Crippen molar-refractivity contribution in [3.63, 3.8) is 0 Å². The lowest BCUT2D eigenvalue weighted by Gasteiger charge is -2.24. The largest absolute Gasteiger partial charge is 0.395 e. The molecule has 1 aromatic rings. The predicted molar refractivity (Wildman–Crippen MR) is 107 cm³/mol. The first kappa shape index (κ1) is 19.8. The zero-order chi connectivity index (χ0) is 20.0. The highest BCUT2D eigenvalue weighted by Gasteiger charge is 2.38. The third kappa shape index (κ3) is 4.30. The van der Waals surface area contributed by atoms with Gasteiger partial charge in [0.05, 0.1) is 35.9 Å². The Balaban J connectivity index is 1.85. The van der Waals surface area contributed by atoms with Gasteiger partial charge < -0.3 is 20.5 Å². The number of carbonyl (C=O) groups excluding carboxylic acids is 1. The van der Waals surface area contributed by atoms with Crippen LogP contribution in [0.4, 0.5) is 0 Å².